The van der Waals surface area contributed by atoms with E-state index in [4.69, 9.17) is 5.11 Å². The first-order valence-electron chi connectivity index (χ1n) is 7.49. The fraction of sp³-hybridized carbons (Fsp3) is 0.412. The van der Waals surface area contributed by atoms with Crippen LogP contribution in [0.4, 0.5) is 5.69 Å². The highest BCUT2D eigenvalue weighted by atomic mass is 16.4. The second kappa shape index (κ2) is 7.62. The van der Waals surface area contributed by atoms with Gasteiger partial charge in [-0.1, -0.05) is 31.0 Å². The molecule has 0 bridgehead atoms. The van der Waals surface area contributed by atoms with Gasteiger partial charge in [-0.3, -0.25) is 9.78 Å². The van der Waals surface area contributed by atoms with Gasteiger partial charge >= 0.3 is 5.97 Å². The van der Waals surface area contributed by atoms with Crippen molar-refractivity contribution in [3.63, 3.8) is 0 Å². The van der Waals surface area contributed by atoms with Crippen LogP contribution in [-0.2, 0) is 4.79 Å². The molecular weight excluding hydrogens is 264 g/mol. The summed E-state index contributed by atoms with van der Waals surface area (Å²) < 4.78 is 0. The Hall–Kier alpha value is -2.10. The van der Waals surface area contributed by atoms with Gasteiger partial charge in [-0.2, -0.15) is 0 Å². The van der Waals surface area contributed by atoms with Crippen molar-refractivity contribution in [2.24, 2.45) is 0 Å². The Kier molecular flexibility index (Phi) is 5.55. The third-order valence-corrected chi connectivity index (χ3v) is 3.48. The van der Waals surface area contributed by atoms with Crippen LogP contribution < -0.4 is 5.32 Å². The molecule has 0 radical (unpaired) electrons. The summed E-state index contributed by atoms with van der Waals surface area (Å²) in [4.78, 5) is 14.9. The van der Waals surface area contributed by atoms with E-state index >= 15 is 0 Å². The standard InChI is InChI=1S/C17H22N2O2/c1-13-12-16(14-8-5-6-9-15(14)19-13)18-11-7-3-2-4-10-17(20)21/h5-6,8-9,12H,2-4,7,10-11H2,1H3,(H,18,19)(H,20,21). The van der Waals surface area contributed by atoms with Crippen LogP contribution in [0.2, 0.25) is 0 Å². The van der Waals surface area contributed by atoms with E-state index < -0.39 is 5.97 Å². The van der Waals surface area contributed by atoms with Crippen LogP contribution in [0, 0.1) is 6.92 Å². The van der Waals surface area contributed by atoms with Gasteiger partial charge in [0.2, 0.25) is 0 Å². The number of carboxylic acids is 1. The number of para-hydroxylation sites is 1. The van der Waals surface area contributed by atoms with Gasteiger partial charge in [-0.05, 0) is 31.9 Å². The Morgan fingerprint density at radius 3 is 2.76 bits per heavy atom. The number of nitrogens with zero attached hydrogens (tertiary/aromatic N) is 1. The highest BCUT2D eigenvalue weighted by molar-refractivity contribution is 5.91. The number of carboxylic acid groups (broad SMARTS) is 1. The Bertz CT molecular complexity index is 611. The summed E-state index contributed by atoms with van der Waals surface area (Å²) >= 11 is 0. The molecular formula is C17H22N2O2. The zero-order chi connectivity index (χ0) is 15.1. The number of unbranched alkanes of at least 4 members (excludes halogenated alkanes) is 3. The maximum Gasteiger partial charge on any atom is 0.303 e. The summed E-state index contributed by atoms with van der Waals surface area (Å²) in [6.07, 6.45) is 4.13. The number of pyridine rings is 1. The summed E-state index contributed by atoms with van der Waals surface area (Å²) in [5, 5.41) is 13.2. The smallest absolute Gasteiger partial charge is 0.303 e. The third-order valence-electron chi connectivity index (χ3n) is 3.48. The van der Waals surface area contributed by atoms with Crippen LogP contribution in [0.15, 0.2) is 30.3 Å². The first kappa shape index (κ1) is 15.3. The maximum atomic E-state index is 10.4. The lowest BCUT2D eigenvalue weighted by Crippen LogP contribution is -2.03. The molecule has 0 amide bonds. The molecule has 4 nitrogen and oxygen atoms in total. The van der Waals surface area contributed by atoms with E-state index in [0.717, 1.165) is 54.5 Å². The fourth-order valence-electron chi connectivity index (χ4n) is 2.43. The lowest BCUT2D eigenvalue weighted by atomic mass is 10.1. The molecule has 0 aliphatic rings. The normalized spacial score (nSPS) is 10.7. The van der Waals surface area contributed by atoms with E-state index in [1.165, 1.54) is 0 Å². The molecule has 2 aromatic rings. The molecule has 1 aromatic heterocycles. The lowest BCUT2D eigenvalue weighted by Gasteiger charge is -2.10. The van der Waals surface area contributed by atoms with E-state index in [-0.39, 0.29) is 6.42 Å². The summed E-state index contributed by atoms with van der Waals surface area (Å²) in [5.41, 5.74) is 3.16. The lowest BCUT2D eigenvalue weighted by molar-refractivity contribution is -0.137. The Morgan fingerprint density at radius 2 is 1.95 bits per heavy atom. The van der Waals surface area contributed by atoms with Crippen LogP contribution in [0.25, 0.3) is 10.9 Å². The Balaban J connectivity index is 1.82. The van der Waals surface area contributed by atoms with Crippen LogP contribution >= 0.6 is 0 Å². The molecule has 21 heavy (non-hydrogen) atoms. The molecule has 2 N–H and O–H groups in total. The predicted octanol–water partition coefficient (Wildman–Crippen LogP) is 3.99. The van der Waals surface area contributed by atoms with Crippen molar-refractivity contribution in [3.8, 4) is 0 Å². The molecule has 0 aliphatic carbocycles. The molecule has 2 rings (SSSR count). The molecule has 0 fully saturated rings. The summed E-state index contributed by atoms with van der Waals surface area (Å²) in [6, 6.07) is 10.2. The number of fused-ring (bicyclic) bond motifs is 1. The number of hydrogen-bond donors (Lipinski definition) is 2. The van der Waals surface area contributed by atoms with Gasteiger partial charge in [0.15, 0.2) is 0 Å². The molecule has 1 aromatic carbocycles. The minimum absolute atomic E-state index is 0.279. The van der Waals surface area contributed by atoms with Gasteiger partial charge in [0, 0.05) is 29.7 Å². The number of nitrogens with one attached hydrogen (secondary N) is 1. The summed E-state index contributed by atoms with van der Waals surface area (Å²) in [5.74, 6) is -0.702. The van der Waals surface area contributed by atoms with E-state index in [2.05, 4.69) is 22.4 Å². The number of carbonyl (C=O) groups is 1. The van der Waals surface area contributed by atoms with Crippen molar-refractivity contribution in [1.82, 2.24) is 4.98 Å². The average Bonchev–Trinajstić information content (AvgIpc) is 2.45. The number of aliphatic carboxylic acids is 1. The SMILES string of the molecule is Cc1cc(NCCCCCCC(=O)O)c2ccccc2n1. The Morgan fingerprint density at radius 1 is 1.19 bits per heavy atom. The minimum atomic E-state index is -0.702. The maximum absolute atomic E-state index is 10.4. The second-order valence-corrected chi connectivity index (χ2v) is 5.31. The van der Waals surface area contributed by atoms with Gasteiger partial charge in [0.25, 0.3) is 0 Å². The molecule has 0 aliphatic heterocycles. The Labute approximate surface area is 125 Å². The van der Waals surface area contributed by atoms with Crippen molar-refractivity contribution in [1.29, 1.82) is 0 Å². The molecule has 0 unspecified atom stereocenters. The largest absolute Gasteiger partial charge is 0.481 e. The number of rotatable bonds is 8. The third kappa shape index (κ3) is 4.74. The van der Waals surface area contributed by atoms with Crippen LogP contribution in [-0.4, -0.2) is 22.6 Å². The molecule has 0 spiro atoms. The highest BCUT2D eigenvalue weighted by Crippen LogP contribution is 2.22. The fourth-order valence-corrected chi connectivity index (χ4v) is 2.43. The van der Waals surface area contributed by atoms with Gasteiger partial charge in [-0.25, -0.2) is 0 Å². The molecule has 0 saturated carbocycles. The number of hydrogen-bond acceptors (Lipinski definition) is 3. The quantitative estimate of drug-likeness (QED) is 0.720. The van der Waals surface area contributed by atoms with E-state index in [9.17, 15) is 4.79 Å². The molecule has 0 atom stereocenters. The van der Waals surface area contributed by atoms with Crippen molar-refractivity contribution >= 4 is 22.6 Å². The number of aryl methyl sites for hydroxylation is 1. The van der Waals surface area contributed by atoms with E-state index in [1.54, 1.807) is 0 Å². The van der Waals surface area contributed by atoms with Crippen molar-refractivity contribution < 1.29 is 9.90 Å². The van der Waals surface area contributed by atoms with E-state index in [0.29, 0.717) is 0 Å². The van der Waals surface area contributed by atoms with Crippen LogP contribution in [0.3, 0.4) is 0 Å². The monoisotopic (exact) mass is 286 g/mol. The van der Waals surface area contributed by atoms with Gasteiger partial charge in [0.05, 0.1) is 5.52 Å². The van der Waals surface area contributed by atoms with Crippen molar-refractivity contribution in [2.75, 3.05) is 11.9 Å². The molecule has 1 heterocycles. The van der Waals surface area contributed by atoms with E-state index in [1.807, 2.05) is 25.1 Å². The molecule has 0 saturated heterocycles. The number of anilines is 1. The second-order valence-electron chi connectivity index (χ2n) is 5.31. The average molecular weight is 286 g/mol. The minimum Gasteiger partial charge on any atom is -0.481 e. The summed E-state index contributed by atoms with van der Waals surface area (Å²) in [6.45, 7) is 2.91. The summed E-state index contributed by atoms with van der Waals surface area (Å²) in [7, 11) is 0. The highest BCUT2D eigenvalue weighted by Gasteiger charge is 2.03. The van der Waals surface area contributed by atoms with Crippen molar-refractivity contribution in [3.05, 3.63) is 36.0 Å². The first-order chi connectivity index (χ1) is 10.2. The van der Waals surface area contributed by atoms with Crippen LogP contribution in [0.1, 0.15) is 37.8 Å². The van der Waals surface area contributed by atoms with Gasteiger partial charge in [0.1, 0.15) is 0 Å². The first-order valence-corrected chi connectivity index (χ1v) is 7.49. The van der Waals surface area contributed by atoms with Crippen LogP contribution in [0.5, 0.6) is 0 Å². The number of benzene rings is 1. The topological polar surface area (TPSA) is 62.2 Å². The zero-order valence-electron chi connectivity index (χ0n) is 12.4. The van der Waals surface area contributed by atoms with Gasteiger partial charge in [-0.15, -0.1) is 0 Å². The zero-order valence-corrected chi connectivity index (χ0v) is 12.4. The predicted molar refractivity (Wildman–Crippen MR) is 85.7 cm³/mol. The number of aromatic nitrogens is 1. The molecule has 112 valence electrons. The molecule has 4 heteroatoms. The van der Waals surface area contributed by atoms with Crippen molar-refractivity contribution in [2.45, 2.75) is 39.0 Å². The van der Waals surface area contributed by atoms with Gasteiger partial charge < -0.3 is 10.4 Å².